The van der Waals surface area contributed by atoms with E-state index in [9.17, 15) is 9.59 Å². The molecule has 1 saturated carbocycles. The summed E-state index contributed by atoms with van der Waals surface area (Å²) in [4.78, 5) is 22.9. The molecule has 0 heterocycles. The van der Waals surface area contributed by atoms with Crippen LogP contribution in [0, 0.1) is 17.3 Å². The van der Waals surface area contributed by atoms with Crippen molar-refractivity contribution in [2.45, 2.75) is 19.8 Å². The van der Waals surface area contributed by atoms with Gasteiger partial charge in [-0.2, -0.15) is 0 Å². The predicted molar refractivity (Wildman–Crippen MR) is 50.5 cm³/mol. The number of hydrogen-bond acceptors (Lipinski definition) is 3. The van der Waals surface area contributed by atoms with Crippen LogP contribution in [-0.4, -0.2) is 18.9 Å². The van der Waals surface area contributed by atoms with Crippen molar-refractivity contribution in [3.05, 3.63) is 12.2 Å². The Morgan fingerprint density at radius 2 is 2.29 bits per heavy atom. The van der Waals surface area contributed by atoms with Crippen LogP contribution in [0.15, 0.2) is 12.2 Å². The van der Waals surface area contributed by atoms with Gasteiger partial charge in [0.15, 0.2) is 5.78 Å². The van der Waals surface area contributed by atoms with E-state index in [1.807, 2.05) is 13.0 Å². The molecule has 2 aliphatic carbocycles. The van der Waals surface area contributed by atoms with Crippen LogP contribution >= 0.6 is 0 Å². The summed E-state index contributed by atoms with van der Waals surface area (Å²) in [7, 11) is 1.40. The van der Waals surface area contributed by atoms with Gasteiger partial charge in [-0.05, 0) is 31.8 Å². The molecule has 0 saturated heterocycles. The molecule has 0 unspecified atom stereocenters. The molecule has 0 aliphatic heterocycles. The molecule has 0 spiro atoms. The van der Waals surface area contributed by atoms with E-state index >= 15 is 0 Å². The first-order valence-electron chi connectivity index (χ1n) is 4.87. The van der Waals surface area contributed by atoms with Crippen molar-refractivity contribution in [2.24, 2.45) is 17.3 Å². The van der Waals surface area contributed by atoms with Crippen LogP contribution in [0.3, 0.4) is 0 Å². The number of ether oxygens (including phenoxy) is 1. The van der Waals surface area contributed by atoms with Gasteiger partial charge in [-0.3, -0.25) is 9.59 Å². The maximum Gasteiger partial charge on any atom is 0.311 e. The van der Waals surface area contributed by atoms with E-state index in [-0.39, 0.29) is 23.6 Å². The van der Waals surface area contributed by atoms with E-state index in [0.717, 1.165) is 6.42 Å². The predicted octanol–water partition coefficient (Wildman–Crippen LogP) is 1.33. The number of esters is 1. The molecule has 3 heteroatoms. The molecule has 0 radical (unpaired) electrons. The summed E-state index contributed by atoms with van der Waals surface area (Å²) in [5.41, 5.74) is -0.454. The normalized spacial score (nSPS) is 40.0. The summed E-state index contributed by atoms with van der Waals surface area (Å²) in [5, 5.41) is 0. The summed E-state index contributed by atoms with van der Waals surface area (Å²) < 4.78 is 4.76. The smallest absolute Gasteiger partial charge is 0.311 e. The van der Waals surface area contributed by atoms with Crippen molar-refractivity contribution < 1.29 is 14.3 Å². The highest BCUT2D eigenvalue weighted by atomic mass is 16.5. The molecule has 3 atom stereocenters. The third kappa shape index (κ3) is 1.19. The van der Waals surface area contributed by atoms with Gasteiger partial charge in [-0.1, -0.05) is 6.08 Å². The number of ketones is 1. The average molecular weight is 194 g/mol. The molecule has 14 heavy (non-hydrogen) atoms. The van der Waals surface area contributed by atoms with Gasteiger partial charge in [-0.15, -0.1) is 0 Å². The second-order valence-electron chi connectivity index (χ2n) is 4.49. The van der Waals surface area contributed by atoms with E-state index < -0.39 is 5.41 Å². The summed E-state index contributed by atoms with van der Waals surface area (Å²) in [6, 6.07) is 0. The second kappa shape index (κ2) is 2.94. The number of methoxy groups -OCH3 is 1. The Bertz CT molecular complexity index is 318. The Labute approximate surface area is 83.1 Å². The van der Waals surface area contributed by atoms with Crippen LogP contribution in [0.5, 0.6) is 0 Å². The standard InChI is InChI=1S/C11H14O3/c1-11(10(13)14-2)5-7-3-4-9(12)8(7)6-11/h3-4,7-8H,5-6H2,1-2H3/t7-,8+,11+/m0/s1. The Morgan fingerprint density at radius 1 is 1.57 bits per heavy atom. The Morgan fingerprint density at radius 3 is 2.86 bits per heavy atom. The first-order valence-corrected chi connectivity index (χ1v) is 4.87. The van der Waals surface area contributed by atoms with Crippen LogP contribution in [0.1, 0.15) is 19.8 Å². The van der Waals surface area contributed by atoms with Gasteiger partial charge in [0.1, 0.15) is 0 Å². The Balaban J connectivity index is 2.18. The van der Waals surface area contributed by atoms with Crippen molar-refractivity contribution in [2.75, 3.05) is 7.11 Å². The van der Waals surface area contributed by atoms with Gasteiger partial charge < -0.3 is 4.74 Å². The van der Waals surface area contributed by atoms with Crippen molar-refractivity contribution in [3.63, 3.8) is 0 Å². The lowest BCUT2D eigenvalue weighted by atomic mass is 9.87. The van der Waals surface area contributed by atoms with Crippen LogP contribution in [0.2, 0.25) is 0 Å². The fraction of sp³-hybridized carbons (Fsp3) is 0.636. The zero-order valence-electron chi connectivity index (χ0n) is 8.45. The molecule has 2 rings (SSSR count). The van der Waals surface area contributed by atoms with Crippen LogP contribution in [-0.2, 0) is 14.3 Å². The van der Waals surface area contributed by atoms with E-state index in [1.165, 1.54) is 7.11 Å². The SMILES string of the molecule is COC(=O)[C@]1(C)C[C@@H]2C=CC(=O)[C@@H]2C1. The molecule has 0 aromatic carbocycles. The highest BCUT2D eigenvalue weighted by Crippen LogP contribution is 2.49. The number of carbonyl (C=O) groups excluding carboxylic acids is 2. The fourth-order valence-corrected chi connectivity index (χ4v) is 2.65. The molecule has 0 aromatic rings. The van der Waals surface area contributed by atoms with Crippen LogP contribution in [0.4, 0.5) is 0 Å². The topological polar surface area (TPSA) is 43.4 Å². The van der Waals surface area contributed by atoms with Crippen molar-refractivity contribution in [3.8, 4) is 0 Å². The minimum atomic E-state index is -0.454. The highest BCUT2D eigenvalue weighted by Gasteiger charge is 2.50. The van der Waals surface area contributed by atoms with E-state index in [4.69, 9.17) is 4.74 Å². The van der Waals surface area contributed by atoms with Gasteiger partial charge in [0.05, 0.1) is 12.5 Å². The molecule has 2 aliphatic rings. The first-order chi connectivity index (χ1) is 6.57. The molecule has 0 bridgehead atoms. The lowest BCUT2D eigenvalue weighted by Crippen LogP contribution is -2.27. The maximum atomic E-state index is 11.5. The summed E-state index contributed by atoms with van der Waals surface area (Å²) in [6.45, 7) is 1.89. The van der Waals surface area contributed by atoms with Gasteiger partial charge in [-0.25, -0.2) is 0 Å². The molecule has 1 fully saturated rings. The number of fused-ring (bicyclic) bond motifs is 1. The van der Waals surface area contributed by atoms with Crippen LogP contribution in [0.25, 0.3) is 0 Å². The second-order valence-corrected chi connectivity index (χ2v) is 4.49. The Hall–Kier alpha value is -1.12. The molecular weight excluding hydrogens is 180 g/mol. The molecule has 0 amide bonds. The van der Waals surface area contributed by atoms with Crippen LogP contribution < -0.4 is 0 Å². The third-order valence-electron chi connectivity index (χ3n) is 3.42. The quantitative estimate of drug-likeness (QED) is 0.591. The fourth-order valence-electron chi connectivity index (χ4n) is 2.65. The Kier molecular flexibility index (Phi) is 1.98. The third-order valence-corrected chi connectivity index (χ3v) is 3.42. The zero-order valence-corrected chi connectivity index (χ0v) is 8.45. The number of allylic oxidation sites excluding steroid dienone is 2. The summed E-state index contributed by atoms with van der Waals surface area (Å²) >= 11 is 0. The van der Waals surface area contributed by atoms with Gasteiger partial charge in [0.25, 0.3) is 0 Å². The number of hydrogen-bond donors (Lipinski definition) is 0. The number of carbonyl (C=O) groups is 2. The maximum absolute atomic E-state index is 11.5. The molecule has 0 N–H and O–H groups in total. The van der Waals surface area contributed by atoms with E-state index in [1.54, 1.807) is 6.08 Å². The molecule has 0 aromatic heterocycles. The van der Waals surface area contributed by atoms with Crippen molar-refractivity contribution >= 4 is 11.8 Å². The van der Waals surface area contributed by atoms with Crippen molar-refractivity contribution in [1.82, 2.24) is 0 Å². The number of rotatable bonds is 1. The van der Waals surface area contributed by atoms with Crippen molar-refractivity contribution in [1.29, 1.82) is 0 Å². The highest BCUT2D eigenvalue weighted by molar-refractivity contribution is 5.96. The van der Waals surface area contributed by atoms with E-state index in [0.29, 0.717) is 6.42 Å². The molecule has 76 valence electrons. The lowest BCUT2D eigenvalue weighted by molar-refractivity contribution is -0.151. The van der Waals surface area contributed by atoms with E-state index in [2.05, 4.69) is 0 Å². The summed E-state index contributed by atoms with van der Waals surface area (Å²) in [6.07, 6.45) is 4.95. The summed E-state index contributed by atoms with van der Waals surface area (Å²) in [5.74, 6) is 0.265. The first kappa shape index (κ1) is 9.44. The largest absolute Gasteiger partial charge is 0.469 e. The zero-order chi connectivity index (χ0) is 10.3. The van der Waals surface area contributed by atoms with Gasteiger partial charge in [0.2, 0.25) is 0 Å². The van der Waals surface area contributed by atoms with Gasteiger partial charge >= 0.3 is 5.97 Å². The van der Waals surface area contributed by atoms with Gasteiger partial charge in [0, 0.05) is 5.92 Å². The lowest BCUT2D eigenvalue weighted by Gasteiger charge is -2.20. The monoisotopic (exact) mass is 194 g/mol. The minimum Gasteiger partial charge on any atom is -0.469 e. The molecule has 3 nitrogen and oxygen atoms in total. The minimum absolute atomic E-state index is 0.0269. The molecular formula is C11H14O3. The average Bonchev–Trinajstić information content (AvgIpc) is 2.65.